The summed E-state index contributed by atoms with van der Waals surface area (Å²) >= 11 is 0. The average Bonchev–Trinajstić information content (AvgIpc) is 3.43. The van der Waals surface area contributed by atoms with Gasteiger partial charge in [-0.2, -0.15) is 8.42 Å². The van der Waals surface area contributed by atoms with Crippen molar-refractivity contribution in [2.24, 2.45) is 0 Å². The average molecular weight is 483 g/mol. The number of benzene rings is 1. The van der Waals surface area contributed by atoms with Crippen LogP contribution in [0.25, 0.3) is 0 Å². The summed E-state index contributed by atoms with van der Waals surface area (Å²) in [6.45, 7) is 2.31. The molecule has 32 heavy (non-hydrogen) atoms. The van der Waals surface area contributed by atoms with Crippen molar-refractivity contribution in [1.29, 1.82) is 0 Å². The molecule has 1 aromatic heterocycles. The molecular weight excluding hydrogens is 457 g/mol. The summed E-state index contributed by atoms with van der Waals surface area (Å²) in [6.07, 6.45) is 8.57. The minimum Gasteiger partial charge on any atom is -0.378 e. The number of carbonyl (C=O) groups is 1. The summed E-state index contributed by atoms with van der Waals surface area (Å²) in [7, 11) is -4.16. The molecule has 2 amide bonds. The van der Waals surface area contributed by atoms with E-state index in [1.165, 1.54) is 17.3 Å². The van der Waals surface area contributed by atoms with Crippen LogP contribution in [-0.2, 0) is 40.4 Å². The van der Waals surface area contributed by atoms with E-state index >= 15 is 0 Å². The normalized spacial score (nSPS) is 17.3. The van der Waals surface area contributed by atoms with Crippen molar-refractivity contribution in [3.8, 4) is 0 Å². The predicted molar refractivity (Wildman–Crippen MR) is 121 cm³/mol. The molecule has 9 nitrogen and oxygen atoms in total. The van der Waals surface area contributed by atoms with Gasteiger partial charge in [0.2, 0.25) is 0 Å². The van der Waals surface area contributed by atoms with E-state index in [1.807, 2.05) is 4.90 Å². The Morgan fingerprint density at radius 3 is 2.31 bits per heavy atom. The van der Waals surface area contributed by atoms with Gasteiger partial charge in [0.05, 0.1) is 25.6 Å². The van der Waals surface area contributed by atoms with Crippen molar-refractivity contribution in [3.63, 3.8) is 0 Å². The van der Waals surface area contributed by atoms with E-state index < -0.39 is 16.1 Å². The molecular formula is C21H25KN5O4S. The molecule has 1 radical (unpaired) electrons. The first-order chi connectivity index (χ1) is 15.0. The maximum atomic E-state index is 12.8. The topological polar surface area (TPSA) is 114 Å². The summed E-state index contributed by atoms with van der Waals surface area (Å²) < 4.78 is 33.1. The van der Waals surface area contributed by atoms with Crippen molar-refractivity contribution in [1.82, 2.24) is 14.7 Å². The van der Waals surface area contributed by atoms with E-state index in [9.17, 15) is 13.2 Å². The molecule has 2 aliphatic carbocycles. The minimum absolute atomic E-state index is 0. The number of carbonyl (C=O) groups excluding carboxylic acids is 1. The van der Waals surface area contributed by atoms with Crippen LogP contribution in [-0.4, -0.2) is 102 Å². The van der Waals surface area contributed by atoms with Crippen molar-refractivity contribution >= 4 is 78.9 Å². The molecule has 2 heterocycles. The summed E-state index contributed by atoms with van der Waals surface area (Å²) in [5.74, 6) is 0.449. The van der Waals surface area contributed by atoms with Gasteiger partial charge in [-0.15, -0.1) is 0 Å². The van der Waals surface area contributed by atoms with Gasteiger partial charge in [0, 0.05) is 70.2 Å². The van der Waals surface area contributed by atoms with E-state index in [1.54, 1.807) is 0 Å². The summed E-state index contributed by atoms with van der Waals surface area (Å²) in [6, 6.07) is 1.49. The van der Waals surface area contributed by atoms with Crippen molar-refractivity contribution in [2.45, 2.75) is 43.6 Å². The first-order valence-corrected chi connectivity index (χ1v) is 12.1. The molecule has 0 unspecified atom stereocenters. The zero-order valence-corrected chi connectivity index (χ0v) is 22.1. The number of nitrogens with zero attached hydrogens (tertiary/aromatic N) is 3. The predicted octanol–water partition coefficient (Wildman–Crippen LogP) is 1.42. The number of ether oxygens (including phenoxy) is 1. The van der Waals surface area contributed by atoms with Gasteiger partial charge in [0.25, 0.3) is 10.0 Å². The molecule has 2 aromatic rings. The van der Waals surface area contributed by atoms with Crippen LogP contribution in [0.4, 0.5) is 16.3 Å². The van der Waals surface area contributed by atoms with Crippen LogP contribution >= 0.6 is 0 Å². The number of hydrogen-bond acceptors (Lipinski definition) is 7. The summed E-state index contributed by atoms with van der Waals surface area (Å²) in [4.78, 5) is 22.9. The molecule has 1 fully saturated rings. The molecule has 11 heteroatoms. The van der Waals surface area contributed by atoms with Gasteiger partial charge in [0.15, 0.2) is 5.03 Å². The largest absolute Gasteiger partial charge is 0.378 e. The maximum Gasteiger partial charge on any atom is 0.333 e. The summed E-state index contributed by atoms with van der Waals surface area (Å²) in [5.41, 5.74) is 5.61. The Kier molecular flexibility index (Phi) is 7.55. The fourth-order valence-corrected chi connectivity index (χ4v) is 5.51. The number of amides is 2. The smallest absolute Gasteiger partial charge is 0.333 e. The van der Waals surface area contributed by atoms with Crippen molar-refractivity contribution < 1.29 is 17.9 Å². The number of fused-ring (bicyclic) bond motifs is 2. The molecule has 3 aliphatic rings. The van der Waals surface area contributed by atoms with Crippen LogP contribution in [0.2, 0.25) is 0 Å². The van der Waals surface area contributed by atoms with Gasteiger partial charge in [0.1, 0.15) is 5.82 Å². The van der Waals surface area contributed by atoms with E-state index in [2.05, 4.69) is 26.1 Å². The van der Waals surface area contributed by atoms with Crippen LogP contribution in [0.1, 0.15) is 35.1 Å². The molecule has 165 valence electrons. The Morgan fingerprint density at radius 1 is 1.00 bits per heavy atom. The summed E-state index contributed by atoms with van der Waals surface area (Å²) in [5, 5.41) is 2.56. The van der Waals surface area contributed by atoms with Crippen LogP contribution in [0.3, 0.4) is 0 Å². The van der Waals surface area contributed by atoms with Gasteiger partial charge >= 0.3 is 6.03 Å². The Labute approximate surface area is 230 Å². The zero-order valence-electron chi connectivity index (χ0n) is 18.2. The Balaban J connectivity index is 0.00000245. The fourth-order valence-electron chi connectivity index (χ4n) is 4.69. The van der Waals surface area contributed by atoms with Crippen LogP contribution in [0.15, 0.2) is 23.5 Å². The number of hydrogen-bond donors (Lipinski definition) is 2. The number of aromatic nitrogens is 2. The molecule has 0 bridgehead atoms. The monoisotopic (exact) mass is 482 g/mol. The number of sulfonamides is 1. The van der Waals surface area contributed by atoms with Crippen molar-refractivity contribution in [2.75, 3.05) is 36.5 Å². The third-order valence-electron chi connectivity index (χ3n) is 6.15. The first kappa shape index (κ1) is 24.1. The zero-order chi connectivity index (χ0) is 21.4. The van der Waals surface area contributed by atoms with E-state index in [0.29, 0.717) is 32.1 Å². The van der Waals surface area contributed by atoms with Crippen LogP contribution in [0, 0.1) is 0 Å². The first-order valence-electron chi connectivity index (χ1n) is 10.7. The quantitative estimate of drug-likeness (QED) is 0.634. The SMILES string of the molecule is O=C(Nc1c2c(cc3c1CCC3)CCC2)NS(=O)(=O)c1cncc(N2CCOCC2)n1.[K]. The van der Waals surface area contributed by atoms with Gasteiger partial charge in [-0.1, -0.05) is 6.07 Å². The standard InChI is InChI=1S/C21H25N5O4S.K/c27-21(24-20-16-5-1-3-14(16)11-15-4-2-6-17(15)20)25-31(28,29)19-13-22-12-18(23-19)26-7-9-30-10-8-26;/h11-13H,1-10H2,(H2,24,25,27);. The fraction of sp³-hybridized carbons (Fsp3) is 0.476. The van der Waals surface area contributed by atoms with Crippen molar-refractivity contribution in [3.05, 3.63) is 40.7 Å². The van der Waals surface area contributed by atoms with Gasteiger partial charge in [-0.25, -0.2) is 14.5 Å². The molecule has 1 aliphatic heterocycles. The Morgan fingerprint density at radius 2 is 1.66 bits per heavy atom. The van der Waals surface area contributed by atoms with Gasteiger partial charge in [-0.3, -0.25) is 4.98 Å². The number of morpholine rings is 1. The maximum absolute atomic E-state index is 12.8. The molecule has 0 saturated carbocycles. The second-order valence-corrected chi connectivity index (χ2v) is 9.74. The second kappa shape index (κ2) is 10.0. The number of anilines is 2. The third-order valence-corrected chi connectivity index (χ3v) is 7.35. The Bertz CT molecular complexity index is 1100. The number of nitrogens with one attached hydrogen (secondary N) is 2. The molecule has 1 aromatic carbocycles. The molecule has 1 saturated heterocycles. The Hall–Kier alpha value is -1.08. The minimum atomic E-state index is -4.16. The third kappa shape index (κ3) is 4.89. The van der Waals surface area contributed by atoms with E-state index in [4.69, 9.17) is 4.74 Å². The second-order valence-electron chi connectivity index (χ2n) is 8.11. The van der Waals surface area contributed by atoms with E-state index in [0.717, 1.165) is 61.5 Å². The number of aryl methyl sites for hydroxylation is 2. The molecule has 2 N–H and O–H groups in total. The molecule has 0 spiro atoms. The molecule has 5 rings (SSSR count). The van der Waals surface area contributed by atoms with Crippen LogP contribution in [0.5, 0.6) is 0 Å². The van der Waals surface area contributed by atoms with Crippen LogP contribution < -0.4 is 14.9 Å². The molecule has 0 atom stereocenters. The number of rotatable bonds is 4. The van der Waals surface area contributed by atoms with Gasteiger partial charge < -0.3 is 15.0 Å². The van der Waals surface area contributed by atoms with E-state index in [-0.39, 0.29) is 56.4 Å². The van der Waals surface area contributed by atoms with Gasteiger partial charge in [-0.05, 0) is 60.8 Å². The number of urea groups is 1.